The normalized spacial score (nSPS) is 12.6. The predicted molar refractivity (Wildman–Crippen MR) is 79.3 cm³/mol. The van der Waals surface area contributed by atoms with E-state index in [0.29, 0.717) is 0 Å². The number of benzene rings is 1. The van der Waals surface area contributed by atoms with Gasteiger partial charge in [0.2, 0.25) is 0 Å². The second-order valence-electron chi connectivity index (χ2n) is 3.42. The average molecular weight is 230 g/mol. The monoisotopic (exact) mass is 230 g/mol. The molecule has 94 valence electrons. The number of hydrogen-bond acceptors (Lipinski definition) is 0. The Bertz CT molecular complexity index is 317. The van der Waals surface area contributed by atoms with E-state index in [1.807, 2.05) is 27.7 Å². The molecule has 0 nitrogen and oxygen atoms in total. The van der Waals surface area contributed by atoms with Crippen molar-refractivity contribution in [1.82, 2.24) is 0 Å². The van der Waals surface area contributed by atoms with Crippen LogP contribution in [0.15, 0.2) is 54.1 Å². The third kappa shape index (κ3) is 6.78. The summed E-state index contributed by atoms with van der Waals surface area (Å²) in [7, 11) is 0. The van der Waals surface area contributed by atoms with Crippen molar-refractivity contribution >= 4 is 0 Å². The molecule has 0 bridgehead atoms. The van der Waals surface area contributed by atoms with Gasteiger partial charge in [0.25, 0.3) is 0 Å². The highest BCUT2D eigenvalue weighted by atomic mass is 14.0. The quantitative estimate of drug-likeness (QED) is 0.624. The molecule has 0 atom stereocenters. The Kier molecular flexibility index (Phi) is 10.3. The van der Waals surface area contributed by atoms with Crippen LogP contribution in [0.2, 0.25) is 0 Å². The Labute approximate surface area is 107 Å². The van der Waals surface area contributed by atoms with E-state index in [1.54, 1.807) is 0 Å². The molecule has 2 rings (SSSR count). The minimum atomic E-state index is 1.08. The van der Waals surface area contributed by atoms with E-state index in [1.165, 1.54) is 24.0 Å². The largest absolute Gasteiger partial charge is 0.0840 e. The van der Waals surface area contributed by atoms with Gasteiger partial charge in [0, 0.05) is 0 Å². The van der Waals surface area contributed by atoms with Gasteiger partial charge in [-0.05, 0) is 30.4 Å². The van der Waals surface area contributed by atoms with Crippen molar-refractivity contribution in [2.24, 2.45) is 0 Å². The van der Waals surface area contributed by atoms with Crippen LogP contribution < -0.4 is 0 Å². The second-order valence-corrected chi connectivity index (χ2v) is 3.42. The van der Waals surface area contributed by atoms with Gasteiger partial charge in [0.1, 0.15) is 0 Å². The zero-order valence-electron chi connectivity index (χ0n) is 11.7. The Hall–Kier alpha value is -1.30. The molecule has 0 heterocycles. The van der Waals surface area contributed by atoms with E-state index < -0.39 is 0 Å². The summed E-state index contributed by atoms with van der Waals surface area (Å²) in [6.07, 6.45) is 10.3. The van der Waals surface area contributed by atoms with Crippen LogP contribution in [0.25, 0.3) is 0 Å². The number of rotatable bonds is 2. The Balaban J connectivity index is 0.000000581. The van der Waals surface area contributed by atoms with Crippen LogP contribution in [0, 0.1) is 0 Å². The van der Waals surface area contributed by atoms with E-state index in [9.17, 15) is 0 Å². The van der Waals surface area contributed by atoms with Gasteiger partial charge >= 0.3 is 0 Å². The zero-order valence-corrected chi connectivity index (χ0v) is 11.7. The smallest absolute Gasteiger partial charge is 0.00290 e. The van der Waals surface area contributed by atoms with Crippen LogP contribution in [0.4, 0.5) is 0 Å². The Morgan fingerprint density at radius 3 is 2.06 bits per heavy atom. The maximum absolute atomic E-state index is 2.34. The molecule has 0 unspecified atom stereocenters. The Morgan fingerprint density at radius 2 is 1.53 bits per heavy atom. The lowest BCUT2D eigenvalue weighted by Gasteiger charge is -2.06. The molecule has 0 aliphatic heterocycles. The van der Waals surface area contributed by atoms with Crippen LogP contribution in [0.5, 0.6) is 0 Å². The first-order valence-electron chi connectivity index (χ1n) is 6.84. The highest BCUT2D eigenvalue weighted by Crippen LogP contribution is 2.14. The van der Waals surface area contributed by atoms with Gasteiger partial charge in [-0.3, -0.25) is 0 Å². The van der Waals surface area contributed by atoms with Gasteiger partial charge in [-0.15, -0.1) is 0 Å². The van der Waals surface area contributed by atoms with Crippen LogP contribution >= 0.6 is 0 Å². The summed E-state index contributed by atoms with van der Waals surface area (Å²) in [4.78, 5) is 0. The highest BCUT2D eigenvalue weighted by Gasteiger charge is 1.98. The van der Waals surface area contributed by atoms with Gasteiger partial charge in [0.15, 0.2) is 0 Å². The fourth-order valence-corrected chi connectivity index (χ4v) is 1.63. The minimum Gasteiger partial charge on any atom is -0.0840 e. The number of allylic oxidation sites excluding steroid dienone is 4. The first kappa shape index (κ1) is 15.7. The van der Waals surface area contributed by atoms with Crippen LogP contribution in [-0.2, 0) is 6.42 Å². The Morgan fingerprint density at radius 1 is 0.882 bits per heavy atom. The summed E-state index contributed by atoms with van der Waals surface area (Å²) in [6, 6.07) is 10.6. The summed E-state index contributed by atoms with van der Waals surface area (Å²) in [5.74, 6) is 0. The first-order valence-corrected chi connectivity index (χ1v) is 6.84. The molecule has 0 spiro atoms. The van der Waals surface area contributed by atoms with Crippen LogP contribution in [-0.4, -0.2) is 0 Å². The summed E-state index contributed by atoms with van der Waals surface area (Å²) in [6.45, 7) is 8.00. The predicted octanol–water partition coefficient (Wildman–Crippen LogP) is 5.56. The van der Waals surface area contributed by atoms with Crippen molar-refractivity contribution in [3.8, 4) is 0 Å². The van der Waals surface area contributed by atoms with E-state index in [0.717, 1.165) is 6.42 Å². The fraction of sp³-hybridized carbons (Fsp3) is 0.412. The molecule has 0 amide bonds. The zero-order chi connectivity index (χ0) is 12.9. The molecule has 0 N–H and O–H groups in total. The molecule has 0 saturated heterocycles. The molecule has 17 heavy (non-hydrogen) atoms. The summed E-state index contributed by atoms with van der Waals surface area (Å²) < 4.78 is 0. The molecule has 0 aromatic heterocycles. The molecule has 1 aliphatic rings. The van der Waals surface area contributed by atoms with Crippen molar-refractivity contribution in [2.45, 2.75) is 47.0 Å². The molecule has 0 radical (unpaired) electrons. The lowest BCUT2D eigenvalue weighted by Crippen LogP contribution is -1.90. The van der Waals surface area contributed by atoms with Crippen molar-refractivity contribution in [1.29, 1.82) is 0 Å². The van der Waals surface area contributed by atoms with Gasteiger partial charge in [0.05, 0.1) is 0 Å². The van der Waals surface area contributed by atoms with Gasteiger partial charge in [-0.1, -0.05) is 76.3 Å². The number of hydrogen-bond donors (Lipinski definition) is 0. The maximum atomic E-state index is 2.34. The minimum absolute atomic E-state index is 1.08. The van der Waals surface area contributed by atoms with E-state index >= 15 is 0 Å². The third-order valence-electron chi connectivity index (χ3n) is 2.32. The third-order valence-corrected chi connectivity index (χ3v) is 2.32. The van der Waals surface area contributed by atoms with E-state index in [4.69, 9.17) is 0 Å². The topological polar surface area (TPSA) is 0 Å². The standard InChI is InChI=1S/C13H14.2C2H6/c1-3-7-12(8-4-1)11-13-9-5-2-6-10-13;2*1-2/h1,3-5,7-10H,2,6,11H2;2*1-2H3. The van der Waals surface area contributed by atoms with Gasteiger partial charge in [-0.2, -0.15) is 0 Å². The van der Waals surface area contributed by atoms with Crippen molar-refractivity contribution in [3.63, 3.8) is 0 Å². The first-order chi connectivity index (χ1) is 8.45. The van der Waals surface area contributed by atoms with Gasteiger partial charge in [-0.25, -0.2) is 0 Å². The van der Waals surface area contributed by atoms with Crippen LogP contribution in [0.3, 0.4) is 0 Å². The molecule has 1 aromatic rings. The molecular formula is C17H26. The second kappa shape index (κ2) is 11.2. The molecule has 0 fully saturated rings. The van der Waals surface area contributed by atoms with Crippen molar-refractivity contribution < 1.29 is 0 Å². The average Bonchev–Trinajstić information content (AvgIpc) is 2.45. The SMILES string of the molecule is C1=CC(Cc2ccccc2)=CCC1.CC.CC. The lowest BCUT2D eigenvalue weighted by molar-refractivity contribution is 0.994. The van der Waals surface area contributed by atoms with Gasteiger partial charge < -0.3 is 0 Å². The molecule has 0 heteroatoms. The highest BCUT2D eigenvalue weighted by molar-refractivity contribution is 5.29. The fourth-order valence-electron chi connectivity index (χ4n) is 1.63. The van der Waals surface area contributed by atoms with Crippen LogP contribution in [0.1, 0.15) is 46.1 Å². The summed E-state index contributed by atoms with van der Waals surface area (Å²) >= 11 is 0. The van der Waals surface area contributed by atoms with Crippen molar-refractivity contribution in [3.05, 3.63) is 59.7 Å². The summed E-state index contributed by atoms with van der Waals surface area (Å²) in [5.41, 5.74) is 2.86. The van der Waals surface area contributed by atoms with Crippen molar-refractivity contribution in [2.75, 3.05) is 0 Å². The lowest BCUT2D eigenvalue weighted by atomic mass is 10.00. The summed E-state index contributed by atoms with van der Waals surface area (Å²) in [5, 5.41) is 0. The molecule has 1 aliphatic carbocycles. The molecule has 1 aromatic carbocycles. The molecular weight excluding hydrogens is 204 g/mol. The molecule has 0 saturated carbocycles. The maximum Gasteiger partial charge on any atom is -0.00290 e. The van der Waals surface area contributed by atoms with E-state index in [-0.39, 0.29) is 0 Å². The van der Waals surface area contributed by atoms with E-state index in [2.05, 4.69) is 48.6 Å².